The van der Waals surface area contributed by atoms with Crippen molar-refractivity contribution < 1.29 is 14.7 Å². The number of aliphatic hydroxyl groups is 1. The Balaban J connectivity index is 2.06. The highest BCUT2D eigenvalue weighted by atomic mass is 16.3. The van der Waals surface area contributed by atoms with Crippen molar-refractivity contribution in [1.29, 1.82) is 0 Å². The first kappa shape index (κ1) is 17.5. The van der Waals surface area contributed by atoms with Crippen molar-refractivity contribution in [1.82, 2.24) is 10.6 Å². The number of benzene rings is 1. The third-order valence-corrected chi connectivity index (χ3v) is 4.29. The summed E-state index contributed by atoms with van der Waals surface area (Å²) in [5.41, 5.74) is -0.359. The van der Waals surface area contributed by atoms with E-state index in [9.17, 15) is 14.7 Å². The Labute approximate surface area is 137 Å². The lowest BCUT2D eigenvalue weighted by atomic mass is 9.95. The van der Waals surface area contributed by atoms with E-state index in [-0.39, 0.29) is 5.91 Å². The van der Waals surface area contributed by atoms with Crippen LogP contribution in [0.1, 0.15) is 51.2 Å². The monoisotopic (exact) mass is 318 g/mol. The summed E-state index contributed by atoms with van der Waals surface area (Å²) in [4.78, 5) is 25.0. The molecule has 1 aliphatic rings. The average molecular weight is 318 g/mol. The molecule has 5 nitrogen and oxygen atoms in total. The zero-order chi connectivity index (χ0) is 16.9. The van der Waals surface area contributed by atoms with Crippen LogP contribution >= 0.6 is 0 Å². The molecule has 0 aliphatic heterocycles. The van der Waals surface area contributed by atoms with Gasteiger partial charge in [0.05, 0.1) is 0 Å². The van der Waals surface area contributed by atoms with Crippen molar-refractivity contribution in [2.45, 2.75) is 51.2 Å². The standard InChI is InChI=1S/C18H26N2O3/c1-13(2)12-19-17(23)18(10-6-7-11-18)20-16(22)15(21)14-8-4-3-5-9-14/h3-5,8-9,13,15,21H,6-7,10-12H2,1-2H3,(H,19,23)(H,20,22). The minimum Gasteiger partial charge on any atom is -0.378 e. The predicted molar refractivity (Wildman–Crippen MR) is 88.6 cm³/mol. The van der Waals surface area contributed by atoms with E-state index < -0.39 is 17.6 Å². The number of rotatable bonds is 6. The number of hydrogen-bond acceptors (Lipinski definition) is 3. The van der Waals surface area contributed by atoms with Gasteiger partial charge in [-0.25, -0.2) is 0 Å². The van der Waals surface area contributed by atoms with Crippen molar-refractivity contribution in [3.05, 3.63) is 35.9 Å². The third kappa shape index (κ3) is 4.32. The van der Waals surface area contributed by atoms with Crippen LogP contribution in [0.15, 0.2) is 30.3 Å². The molecule has 1 saturated carbocycles. The summed E-state index contributed by atoms with van der Waals surface area (Å²) in [5, 5.41) is 15.9. The third-order valence-electron chi connectivity index (χ3n) is 4.29. The highest BCUT2D eigenvalue weighted by Gasteiger charge is 2.43. The molecule has 0 radical (unpaired) electrons. The number of carbonyl (C=O) groups is 2. The van der Waals surface area contributed by atoms with Gasteiger partial charge in [-0.2, -0.15) is 0 Å². The maximum atomic E-state index is 12.6. The van der Waals surface area contributed by atoms with E-state index in [4.69, 9.17) is 0 Å². The van der Waals surface area contributed by atoms with Crippen molar-refractivity contribution in [2.75, 3.05) is 6.54 Å². The molecule has 126 valence electrons. The van der Waals surface area contributed by atoms with Gasteiger partial charge in [0.2, 0.25) is 5.91 Å². The van der Waals surface area contributed by atoms with Crippen molar-refractivity contribution >= 4 is 11.8 Å². The summed E-state index contributed by atoms with van der Waals surface area (Å²) in [6.45, 7) is 4.64. The lowest BCUT2D eigenvalue weighted by Crippen LogP contribution is -2.58. The van der Waals surface area contributed by atoms with Crippen LogP contribution in [-0.4, -0.2) is 29.0 Å². The van der Waals surface area contributed by atoms with Gasteiger partial charge in [-0.05, 0) is 24.3 Å². The Hall–Kier alpha value is -1.88. The topological polar surface area (TPSA) is 78.4 Å². The van der Waals surface area contributed by atoms with E-state index in [1.807, 2.05) is 19.9 Å². The SMILES string of the molecule is CC(C)CNC(=O)C1(NC(=O)C(O)c2ccccc2)CCCC1. The first-order valence-electron chi connectivity index (χ1n) is 8.28. The van der Waals surface area contributed by atoms with Crippen molar-refractivity contribution in [3.8, 4) is 0 Å². The van der Waals surface area contributed by atoms with Gasteiger partial charge in [0.25, 0.3) is 5.91 Å². The van der Waals surface area contributed by atoms with Crippen LogP contribution in [0.4, 0.5) is 0 Å². The summed E-state index contributed by atoms with van der Waals surface area (Å²) in [7, 11) is 0. The molecular weight excluding hydrogens is 292 g/mol. The van der Waals surface area contributed by atoms with Gasteiger partial charge in [0.1, 0.15) is 5.54 Å². The number of hydrogen-bond donors (Lipinski definition) is 3. The fourth-order valence-electron chi connectivity index (χ4n) is 2.94. The van der Waals surface area contributed by atoms with Gasteiger partial charge in [0.15, 0.2) is 6.10 Å². The van der Waals surface area contributed by atoms with Gasteiger partial charge < -0.3 is 15.7 Å². The van der Waals surface area contributed by atoms with Crippen LogP contribution in [0.5, 0.6) is 0 Å². The van der Waals surface area contributed by atoms with E-state index in [1.54, 1.807) is 24.3 Å². The van der Waals surface area contributed by atoms with Crippen LogP contribution in [0.2, 0.25) is 0 Å². The molecule has 0 saturated heterocycles. The molecule has 0 aromatic heterocycles. The number of amides is 2. The normalized spacial score (nSPS) is 17.7. The quantitative estimate of drug-likeness (QED) is 0.750. The number of aliphatic hydroxyl groups excluding tert-OH is 1. The molecule has 0 heterocycles. The highest BCUT2D eigenvalue weighted by molar-refractivity contribution is 5.93. The predicted octanol–water partition coefficient (Wildman–Crippen LogP) is 1.92. The molecule has 1 fully saturated rings. The molecule has 0 spiro atoms. The second kappa shape index (κ2) is 7.59. The Kier molecular flexibility index (Phi) is 5.77. The lowest BCUT2D eigenvalue weighted by molar-refractivity contribution is -0.138. The molecule has 1 aliphatic carbocycles. The zero-order valence-electron chi connectivity index (χ0n) is 13.8. The molecule has 1 aromatic rings. The fourth-order valence-corrected chi connectivity index (χ4v) is 2.94. The Morgan fingerprint density at radius 1 is 1.17 bits per heavy atom. The highest BCUT2D eigenvalue weighted by Crippen LogP contribution is 2.31. The smallest absolute Gasteiger partial charge is 0.254 e. The van der Waals surface area contributed by atoms with Crippen LogP contribution in [0.3, 0.4) is 0 Å². The van der Waals surface area contributed by atoms with Crippen LogP contribution < -0.4 is 10.6 Å². The zero-order valence-corrected chi connectivity index (χ0v) is 13.8. The van der Waals surface area contributed by atoms with Crippen molar-refractivity contribution in [3.63, 3.8) is 0 Å². The molecule has 1 unspecified atom stereocenters. The molecule has 2 amide bonds. The molecule has 5 heteroatoms. The first-order chi connectivity index (χ1) is 10.9. The van der Waals surface area contributed by atoms with E-state index in [2.05, 4.69) is 10.6 Å². The summed E-state index contributed by atoms with van der Waals surface area (Å²) in [6, 6.07) is 8.76. The second-order valence-corrected chi connectivity index (χ2v) is 6.70. The molecule has 2 rings (SSSR count). The molecule has 3 N–H and O–H groups in total. The molecule has 0 bridgehead atoms. The Bertz CT molecular complexity index is 536. The number of nitrogens with one attached hydrogen (secondary N) is 2. The lowest BCUT2D eigenvalue weighted by Gasteiger charge is -2.30. The Morgan fingerprint density at radius 3 is 2.35 bits per heavy atom. The van der Waals surface area contributed by atoms with Gasteiger partial charge >= 0.3 is 0 Å². The summed E-state index contributed by atoms with van der Waals surface area (Å²) in [6.07, 6.45) is 1.77. The fraction of sp³-hybridized carbons (Fsp3) is 0.556. The van der Waals surface area contributed by atoms with Crippen LogP contribution in [-0.2, 0) is 9.59 Å². The first-order valence-corrected chi connectivity index (χ1v) is 8.28. The maximum Gasteiger partial charge on any atom is 0.254 e. The maximum absolute atomic E-state index is 12.6. The van der Waals surface area contributed by atoms with E-state index in [0.29, 0.717) is 30.9 Å². The van der Waals surface area contributed by atoms with Crippen LogP contribution in [0.25, 0.3) is 0 Å². The average Bonchev–Trinajstić information content (AvgIpc) is 3.02. The van der Waals surface area contributed by atoms with E-state index >= 15 is 0 Å². The van der Waals surface area contributed by atoms with Crippen molar-refractivity contribution in [2.24, 2.45) is 5.92 Å². The number of carbonyl (C=O) groups excluding carboxylic acids is 2. The van der Waals surface area contributed by atoms with E-state index in [1.165, 1.54) is 0 Å². The minimum atomic E-state index is -1.26. The molecule has 1 aromatic carbocycles. The summed E-state index contributed by atoms with van der Waals surface area (Å²) >= 11 is 0. The van der Waals surface area contributed by atoms with Gasteiger partial charge in [-0.1, -0.05) is 57.0 Å². The van der Waals surface area contributed by atoms with Gasteiger partial charge in [-0.3, -0.25) is 9.59 Å². The van der Waals surface area contributed by atoms with Gasteiger partial charge in [0, 0.05) is 6.54 Å². The molecule has 1 atom stereocenters. The van der Waals surface area contributed by atoms with Gasteiger partial charge in [-0.15, -0.1) is 0 Å². The molecule has 23 heavy (non-hydrogen) atoms. The summed E-state index contributed by atoms with van der Waals surface area (Å²) < 4.78 is 0. The van der Waals surface area contributed by atoms with Crippen LogP contribution in [0, 0.1) is 5.92 Å². The Morgan fingerprint density at radius 2 is 1.78 bits per heavy atom. The largest absolute Gasteiger partial charge is 0.378 e. The minimum absolute atomic E-state index is 0.141. The second-order valence-electron chi connectivity index (χ2n) is 6.70. The summed E-state index contributed by atoms with van der Waals surface area (Å²) in [5.74, 6) is -0.307. The molecular formula is C18H26N2O3. The van der Waals surface area contributed by atoms with E-state index in [0.717, 1.165) is 12.8 Å².